The molecule has 1 atom stereocenters. The Labute approximate surface area is 159 Å². The number of nitrogens with one attached hydrogen (secondary N) is 2. The minimum atomic E-state index is -0.882. The van der Waals surface area contributed by atoms with Gasteiger partial charge in [-0.05, 0) is 43.2 Å². The predicted octanol–water partition coefficient (Wildman–Crippen LogP) is 3.45. The van der Waals surface area contributed by atoms with Gasteiger partial charge >= 0.3 is 0 Å². The quantitative estimate of drug-likeness (QED) is 0.827. The van der Waals surface area contributed by atoms with Crippen LogP contribution >= 0.6 is 0 Å². The van der Waals surface area contributed by atoms with Crippen LogP contribution < -0.4 is 10.6 Å². The number of carbonyl (C=O) groups excluding carboxylic acids is 2. The monoisotopic (exact) mass is 385 g/mol. The van der Waals surface area contributed by atoms with Crippen LogP contribution in [0.25, 0.3) is 0 Å². The third kappa shape index (κ3) is 4.00. The Bertz CT molecular complexity index is 973. The second-order valence-electron chi connectivity index (χ2n) is 6.79. The maximum Gasteiger partial charge on any atom is 0.268 e. The molecule has 1 fully saturated rings. The van der Waals surface area contributed by atoms with Crippen molar-refractivity contribution in [3.05, 3.63) is 59.7 Å². The SMILES string of the molecule is O=C(Nc1cc(NC(=O)C2CC(c3cccc(F)c3)=NO2)ccc1F)C1CC1. The van der Waals surface area contributed by atoms with E-state index in [0.29, 0.717) is 17.0 Å². The van der Waals surface area contributed by atoms with Crippen LogP contribution in [0.4, 0.5) is 20.2 Å². The molecular formula is C20H17F2N3O3. The van der Waals surface area contributed by atoms with Crippen LogP contribution in [0.2, 0.25) is 0 Å². The smallest absolute Gasteiger partial charge is 0.268 e. The van der Waals surface area contributed by atoms with Gasteiger partial charge in [-0.3, -0.25) is 9.59 Å². The molecule has 2 N–H and O–H groups in total. The summed E-state index contributed by atoms with van der Waals surface area (Å²) in [7, 11) is 0. The van der Waals surface area contributed by atoms with Crippen molar-refractivity contribution in [2.24, 2.45) is 11.1 Å². The van der Waals surface area contributed by atoms with Gasteiger partial charge in [-0.2, -0.15) is 0 Å². The van der Waals surface area contributed by atoms with Crippen LogP contribution in [0, 0.1) is 17.6 Å². The maximum atomic E-state index is 13.9. The van der Waals surface area contributed by atoms with Crippen molar-refractivity contribution in [2.45, 2.75) is 25.4 Å². The molecule has 2 aromatic rings. The fraction of sp³-hybridized carbons (Fsp3) is 0.250. The molecule has 0 bridgehead atoms. The first kappa shape index (κ1) is 18.1. The van der Waals surface area contributed by atoms with E-state index in [2.05, 4.69) is 15.8 Å². The van der Waals surface area contributed by atoms with E-state index in [9.17, 15) is 18.4 Å². The van der Waals surface area contributed by atoms with Gasteiger partial charge in [0.1, 0.15) is 11.6 Å². The van der Waals surface area contributed by atoms with Gasteiger partial charge in [-0.15, -0.1) is 0 Å². The summed E-state index contributed by atoms with van der Waals surface area (Å²) in [6, 6.07) is 9.79. The summed E-state index contributed by atoms with van der Waals surface area (Å²) in [6.45, 7) is 0. The number of hydrogen-bond acceptors (Lipinski definition) is 4. The fourth-order valence-electron chi connectivity index (χ4n) is 2.86. The molecule has 2 aliphatic rings. The molecule has 144 valence electrons. The zero-order valence-corrected chi connectivity index (χ0v) is 14.7. The molecule has 0 radical (unpaired) electrons. The van der Waals surface area contributed by atoms with Crippen molar-refractivity contribution in [3.63, 3.8) is 0 Å². The second-order valence-corrected chi connectivity index (χ2v) is 6.79. The molecule has 0 spiro atoms. The highest BCUT2D eigenvalue weighted by atomic mass is 19.1. The van der Waals surface area contributed by atoms with E-state index < -0.39 is 23.6 Å². The highest BCUT2D eigenvalue weighted by molar-refractivity contribution is 6.06. The topological polar surface area (TPSA) is 79.8 Å². The number of oxime groups is 1. The predicted molar refractivity (Wildman–Crippen MR) is 98.8 cm³/mol. The number of halogens is 2. The van der Waals surface area contributed by atoms with E-state index in [0.717, 1.165) is 12.8 Å². The Morgan fingerprint density at radius 1 is 1.04 bits per heavy atom. The standard InChI is InChI=1S/C20H17F2N3O3/c21-13-3-1-2-12(8-13)16-10-18(28-25-16)20(27)23-14-6-7-15(22)17(9-14)24-19(26)11-4-5-11/h1-3,6-9,11,18H,4-5,10H2,(H,23,27)(H,24,26). The summed E-state index contributed by atoms with van der Waals surface area (Å²) in [5.74, 6) is -1.75. The average molecular weight is 385 g/mol. The Morgan fingerprint density at radius 2 is 1.86 bits per heavy atom. The van der Waals surface area contributed by atoms with E-state index in [1.165, 1.54) is 30.3 Å². The molecule has 1 heterocycles. The summed E-state index contributed by atoms with van der Waals surface area (Å²) >= 11 is 0. The van der Waals surface area contributed by atoms with Gasteiger partial charge in [0.25, 0.3) is 5.91 Å². The van der Waals surface area contributed by atoms with Gasteiger partial charge in [0, 0.05) is 23.6 Å². The fourth-order valence-corrected chi connectivity index (χ4v) is 2.86. The lowest BCUT2D eigenvalue weighted by Crippen LogP contribution is -2.28. The first-order chi connectivity index (χ1) is 13.5. The second kappa shape index (κ2) is 7.38. The van der Waals surface area contributed by atoms with Gasteiger partial charge in [-0.1, -0.05) is 17.3 Å². The number of benzene rings is 2. The third-order valence-electron chi connectivity index (χ3n) is 4.56. The van der Waals surface area contributed by atoms with Crippen LogP contribution in [-0.4, -0.2) is 23.6 Å². The summed E-state index contributed by atoms with van der Waals surface area (Å²) < 4.78 is 27.3. The normalized spacial score (nSPS) is 18.2. The average Bonchev–Trinajstić information content (AvgIpc) is 3.41. The molecule has 8 heteroatoms. The Kier molecular flexibility index (Phi) is 4.77. The van der Waals surface area contributed by atoms with Crippen LogP contribution in [0.3, 0.4) is 0 Å². The van der Waals surface area contributed by atoms with Crippen LogP contribution in [-0.2, 0) is 14.4 Å². The molecular weight excluding hydrogens is 368 g/mol. The number of anilines is 2. The molecule has 1 aliphatic heterocycles. The number of hydrogen-bond donors (Lipinski definition) is 2. The van der Waals surface area contributed by atoms with Crippen molar-refractivity contribution >= 4 is 28.9 Å². The molecule has 1 saturated carbocycles. The van der Waals surface area contributed by atoms with Gasteiger partial charge < -0.3 is 15.5 Å². The van der Waals surface area contributed by atoms with Gasteiger partial charge in [-0.25, -0.2) is 8.78 Å². The molecule has 2 amide bonds. The zero-order chi connectivity index (χ0) is 19.7. The number of amides is 2. The highest BCUT2D eigenvalue weighted by Crippen LogP contribution is 2.31. The van der Waals surface area contributed by atoms with Gasteiger partial charge in [0.05, 0.1) is 11.4 Å². The van der Waals surface area contributed by atoms with E-state index in [4.69, 9.17) is 4.84 Å². The Hall–Kier alpha value is -3.29. The van der Waals surface area contributed by atoms with E-state index >= 15 is 0 Å². The van der Waals surface area contributed by atoms with Crippen molar-refractivity contribution in [1.82, 2.24) is 0 Å². The first-order valence-corrected chi connectivity index (χ1v) is 8.89. The molecule has 28 heavy (non-hydrogen) atoms. The lowest BCUT2D eigenvalue weighted by Gasteiger charge is -2.12. The van der Waals surface area contributed by atoms with E-state index in [-0.39, 0.29) is 23.9 Å². The molecule has 2 aromatic carbocycles. The molecule has 1 unspecified atom stereocenters. The number of rotatable bonds is 5. The van der Waals surface area contributed by atoms with Crippen molar-refractivity contribution in [1.29, 1.82) is 0 Å². The Morgan fingerprint density at radius 3 is 2.61 bits per heavy atom. The van der Waals surface area contributed by atoms with E-state index in [1.807, 2.05) is 0 Å². The summed E-state index contributed by atoms with van der Waals surface area (Å²) in [5.41, 5.74) is 1.34. The summed E-state index contributed by atoms with van der Waals surface area (Å²) in [5, 5.41) is 9.02. The minimum absolute atomic E-state index is 0.0127. The van der Waals surface area contributed by atoms with Crippen molar-refractivity contribution < 1.29 is 23.2 Å². The molecule has 0 saturated heterocycles. The van der Waals surface area contributed by atoms with E-state index in [1.54, 1.807) is 12.1 Å². The summed E-state index contributed by atoms with van der Waals surface area (Å²) in [4.78, 5) is 29.4. The van der Waals surface area contributed by atoms with Crippen molar-refractivity contribution in [3.8, 4) is 0 Å². The minimum Gasteiger partial charge on any atom is -0.382 e. The maximum absolute atomic E-state index is 13.9. The van der Waals surface area contributed by atoms with Crippen molar-refractivity contribution in [2.75, 3.05) is 10.6 Å². The van der Waals surface area contributed by atoms with Crippen LogP contribution in [0.1, 0.15) is 24.8 Å². The largest absolute Gasteiger partial charge is 0.382 e. The number of carbonyl (C=O) groups is 2. The van der Waals surface area contributed by atoms with Gasteiger partial charge in [0.2, 0.25) is 12.0 Å². The van der Waals surface area contributed by atoms with Crippen LogP contribution in [0.5, 0.6) is 0 Å². The molecule has 1 aliphatic carbocycles. The molecule has 4 rings (SSSR count). The zero-order valence-electron chi connectivity index (χ0n) is 14.7. The van der Waals surface area contributed by atoms with Gasteiger partial charge in [0.15, 0.2) is 0 Å². The third-order valence-corrected chi connectivity index (χ3v) is 4.56. The van der Waals surface area contributed by atoms with Crippen LogP contribution in [0.15, 0.2) is 47.6 Å². The Balaban J connectivity index is 1.39. The number of nitrogens with zero attached hydrogens (tertiary/aromatic N) is 1. The molecule has 0 aromatic heterocycles. The lowest BCUT2D eigenvalue weighted by molar-refractivity contribution is -0.125. The molecule has 6 nitrogen and oxygen atoms in total. The highest BCUT2D eigenvalue weighted by Gasteiger charge is 2.31. The lowest BCUT2D eigenvalue weighted by atomic mass is 10.0. The summed E-state index contributed by atoms with van der Waals surface area (Å²) in [6.07, 6.45) is 0.905. The first-order valence-electron chi connectivity index (χ1n) is 8.89.